The lowest BCUT2D eigenvalue weighted by atomic mass is 9.78. The average molecular weight is 340 g/mol. The molecule has 0 aromatic heterocycles. The molecule has 2 aromatic carbocycles. The molecule has 0 aliphatic rings. The topological polar surface area (TPSA) is 36.9 Å². The average Bonchev–Trinajstić information content (AvgIpc) is 2.64. The maximum atomic E-state index is 5.62. The molecule has 0 spiro atoms. The van der Waals surface area contributed by atoms with Crippen LogP contribution in [0.5, 0.6) is 11.5 Å². The van der Waals surface area contributed by atoms with Gasteiger partial charge in [0.1, 0.15) is 25.2 Å². The van der Waals surface area contributed by atoms with Crippen LogP contribution in [0.1, 0.15) is 25.0 Å². The van der Waals surface area contributed by atoms with E-state index in [2.05, 4.69) is 39.1 Å². The molecule has 0 heterocycles. The van der Waals surface area contributed by atoms with Gasteiger partial charge in [-0.1, -0.05) is 51.3 Å². The zero-order chi connectivity index (χ0) is 18.1. The molecule has 0 aliphatic carbocycles. The van der Waals surface area contributed by atoms with Gasteiger partial charge in [0.2, 0.25) is 0 Å². The van der Waals surface area contributed by atoms with Gasteiger partial charge in [-0.2, -0.15) is 0 Å². The van der Waals surface area contributed by atoms with Crippen LogP contribution in [0.4, 0.5) is 0 Å². The Bertz CT molecular complexity index is 672. The summed E-state index contributed by atoms with van der Waals surface area (Å²) < 4.78 is 10.7. The molecular formula is C21H24O4. The van der Waals surface area contributed by atoms with E-state index in [1.807, 2.05) is 36.4 Å². The van der Waals surface area contributed by atoms with Gasteiger partial charge in [-0.05, 0) is 35.4 Å². The lowest BCUT2D eigenvalue weighted by molar-refractivity contribution is -0.148. The van der Waals surface area contributed by atoms with Crippen LogP contribution < -0.4 is 9.62 Å². The van der Waals surface area contributed by atoms with Crippen LogP contribution in [-0.2, 0) is 15.0 Å². The van der Waals surface area contributed by atoms with Crippen LogP contribution in [-0.4, -0.2) is 13.2 Å². The highest BCUT2D eigenvalue weighted by molar-refractivity contribution is 5.41. The molecule has 0 saturated carbocycles. The predicted octanol–water partition coefficient (Wildman–Crippen LogP) is 5.01. The van der Waals surface area contributed by atoms with Crippen molar-refractivity contribution in [2.75, 3.05) is 13.2 Å². The van der Waals surface area contributed by atoms with Gasteiger partial charge in [0, 0.05) is 5.41 Å². The summed E-state index contributed by atoms with van der Waals surface area (Å²) in [4.78, 5) is 9.77. The molecule has 0 amide bonds. The van der Waals surface area contributed by atoms with Crippen molar-refractivity contribution in [1.82, 2.24) is 0 Å². The minimum Gasteiger partial charge on any atom is -0.498 e. The van der Waals surface area contributed by atoms with Gasteiger partial charge in [-0.3, -0.25) is 9.78 Å². The van der Waals surface area contributed by atoms with Gasteiger partial charge in [0.05, 0.1) is 6.26 Å². The summed E-state index contributed by atoms with van der Waals surface area (Å²) in [5, 5.41) is 0. The van der Waals surface area contributed by atoms with Crippen molar-refractivity contribution in [3.05, 3.63) is 85.3 Å². The molecule has 0 unspecified atom stereocenters. The molecule has 0 aliphatic heterocycles. The molecule has 4 heteroatoms. The Morgan fingerprint density at radius 3 is 1.88 bits per heavy atom. The number of hydrogen-bond donors (Lipinski definition) is 0. The molecule has 0 bridgehead atoms. The molecule has 25 heavy (non-hydrogen) atoms. The van der Waals surface area contributed by atoms with Crippen molar-refractivity contribution in [3.8, 4) is 11.5 Å². The summed E-state index contributed by atoms with van der Waals surface area (Å²) in [7, 11) is 0. The van der Waals surface area contributed by atoms with Crippen molar-refractivity contribution in [2.24, 2.45) is 0 Å². The predicted molar refractivity (Wildman–Crippen MR) is 98.6 cm³/mol. The fraction of sp³-hybridized carbons (Fsp3) is 0.238. The Morgan fingerprint density at radius 1 is 0.800 bits per heavy atom. The van der Waals surface area contributed by atoms with Gasteiger partial charge in [-0.25, -0.2) is 0 Å². The Hall–Kier alpha value is -2.88. The van der Waals surface area contributed by atoms with Gasteiger partial charge >= 0.3 is 0 Å². The molecule has 0 fully saturated rings. The third-order valence-corrected chi connectivity index (χ3v) is 3.95. The highest BCUT2D eigenvalue weighted by Crippen LogP contribution is 2.33. The van der Waals surface area contributed by atoms with Crippen LogP contribution in [0.2, 0.25) is 0 Å². The first-order valence-corrected chi connectivity index (χ1v) is 8.08. The maximum Gasteiger partial charge on any atom is 0.178 e. The van der Waals surface area contributed by atoms with E-state index in [0.29, 0.717) is 19.0 Å². The second-order valence-corrected chi connectivity index (χ2v) is 5.91. The van der Waals surface area contributed by atoms with Crippen molar-refractivity contribution in [2.45, 2.75) is 19.3 Å². The zero-order valence-corrected chi connectivity index (χ0v) is 14.7. The fourth-order valence-corrected chi connectivity index (χ4v) is 2.44. The van der Waals surface area contributed by atoms with E-state index in [-0.39, 0.29) is 5.41 Å². The van der Waals surface area contributed by atoms with Gasteiger partial charge in [-0.15, -0.1) is 0 Å². The largest absolute Gasteiger partial charge is 0.498 e. The first-order valence-electron chi connectivity index (χ1n) is 8.08. The first kappa shape index (κ1) is 18.5. The van der Waals surface area contributed by atoms with Gasteiger partial charge < -0.3 is 9.47 Å². The third-order valence-electron chi connectivity index (χ3n) is 3.95. The minimum absolute atomic E-state index is 0.150. The lowest BCUT2D eigenvalue weighted by Gasteiger charge is -2.26. The summed E-state index contributed by atoms with van der Waals surface area (Å²) in [6.45, 7) is 12.3. The Kier molecular flexibility index (Phi) is 6.52. The quantitative estimate of drug-likeness (QED) is 0.264. The van der Waals surface area contributed by atoms with Crippen molar-refractivity contribution >= 4 is 0 Å². The Morgan fingerprint density at radius 2 is 1.36 bits per heavy atom. The summed E-state index contributed by atoms with van der Waals surface area (Å²) in [5.41, 5.74) is 2.21. The standard InChI is InChI=1S/C21H24O4/c1-5-22-15-16-23-19-11-7-17(8-12-19)21(3,4)18-9-13-20(14-10-18)25-24-6-2/h5-14H,1-2,15-16H2,3-4H3. The summed E-state index contributed by atoms with van der Waals surface area (Å²) >= 11 is 0. The van der Waals surface area contributed by atoms with Crippen LogP contribution >= 0.6 is 0 Å². The minimum atomic E-state index is -0.150. The van der Waals surface area contributed by atoms with Gasteiger partial charge in [0.25, 0.3) is 0 Å². The Balaban J connectivity index is 2.05. The van der Waals surface area contributed by atoms with E-state index >= 15 is 0 Å². The monoisotopic (exact) mass is 340 g/mol. The molecule has 0 N–H and O–H groups in total. The van der Waals surface area contributed by atoms with E-state index in [1.54, 1.807) is 0 Å². The first-order chi connectivity index (χ1) is 12.1. The van der Waals surface area contributed by atoms with E-state index in [4.69, 9.17) is 19.2 Å². The molecule has 4 nitrogen and oxygen atoms in total. The van der Waals surface area contributed by atoms with Crippen molar-refractivity contribution < 1.29 is 19.2 Å². The molecule has 2 aromatic rings. The SMILES string of the molecule is C=COCCOc1ccc(C(C)(C)c2ccc(OOC=C)cc2)cc1. The third kappa shape index (κ3) is 5.05. The fourth-order valence-electron chi connectivity index (χ4n) is 2.44. The van der Waals surface area contributed by atoms with Crippen molar-refractivity contribution in [1.29, 1.82) is 0 Å². The zero-order valence-electron chi connectivity index (χ0n) is 14.7. The maximum absolute atomic E-state index is 5.62. The molecule has 0 atom stereocenters. The molecular weight excluding hydrogens is 316 g/mol. The molecule has 0 saturated heterocycles. The highest BCUT2D eigenvalue weighted by Gasteiger charge is 2.23. The van der Waals surface area contributed by atoms with Crippen molar-refractivity contribution in [3.63, 3.8) is 0 Å². The van der Waals surface area contributed by atoms with E-state index in [1.165, 1.54) is 23.7 Å². The number of hydrogen-bond acceptors (Lipinski definition) is 4. The number of benzene rings is 2. The van der Waals surface area contributed by atoms with Crippen LogP contribution in [0.15, 0.2) is 74.2 Å². The van der Waals surface area contributed by atoms with Gasteiger partial charge in [0.15, 0.2) is 5.75 Å². The highest BCUT2D eigenvalue weighted by atomic mass is 17.2. The Labute approximate surface area is 149 Å². The molecule has 132 valence electrons. The summed E-state index contributed by atoms with van der Waals surface area (Å²) in [5.74, 6) is 1.45. The van der Waals surface area contributed by atoms with E-state index in [0.717, 1.165) is 5.75 Å². The molecule has 2 rings (SSSR count). The van der Waals surface area contributed by atoms with E-state index in [9.17, 15) is 0 Å². The second kappa shape index (κ2) is 8.83. The molecule has 0 radical (unpaired) electrons. The number of ether oxygens (including phenoxy) is 2. The van der Waals surface area contributed by atoms with Crippen LogP contribution in [0.25, 0.3) is 0 Å². The smallest absolute Gasteiger partial charge is 0.178 e. The van der Waals surface area contributed by atoms with Crippen LogP contribution in [0.3, 0.4) is 0 Å². The normalized spacial score (nSPS) is 10.6. The van der Waals surface area contributed by atoms with E-state index < -0.39 is 0 Å². The van der Waals surface area contributed by atoms with Crippen LogP contribution in [0, 0.1) is 0 Å². The lowest BCUT2D eigenvalue weighted by Crippen LogP contribution is -2.18. The number of rotatable bonds is 10. The summed E-state index contributed by atoms with van der Waals surface area (Å²) in [6, 6.07) is 15.9. The summed E-state index contributed by atoms with van der Waals surface area (Å²) in [6.07, 6.45) is 2.65. The second-order valence-electron chi connectivity index (χ2n) is 5.91.